The van der Waals surface area contributed by atoms with E-state index in [1.165, 1.54) is 12.8 Å². The molecule has 0 amide bonds. The van der Waals surface area contributed by atoms with Crippen molar-refractivity contribution in [3.8, 4) is 0 Å². The molecule has 3 heteroatoms. The predicted octanol–water partition coefficient (Wildman–Crippen LogP) is 2.37. The van der Waals surface area contributed by atoms with Crippen LogP contribution in [-0.2, 0) is 6.42 Å². The molecule has 1 aliphatic rings. The van der Waals surface area contributed by atoms with Crippen molar-refractivity contribution >= 4 is 11.1 Å². The molecule has 84 valence electrons. The molecule has 1 atom stereocenters. The zero-order valence-electron chi connectivity index (χ0n) is 9.28. The number of para-hydroxylation sites is 2. The summed E-state index contributed by atoms with van der Waals surface area (Å²) in [5.41, 5.74) is 1.88. The van der Waals surface area contributed by atoms with Gasteiger partial charge in [0.25, 0.3) is 0 Å². The first-order chi connectivity index (χ1) is 7.92. The van der Waals surface area contributed by atoms with Crippen molar-refractivity contribution in [2.24, 2.45) is 5.92 Å². The second kappa shape index (κ2) is 4.26. The second-order valence-electron chi connectivity index (χ2n) is 4.47. The summed E-state index contributed by atoms with van der Waals surface area (Å²) in [7, 11) is 0. The third-order valence-corrected chi connectivity index (χ3v) is 3.27. The van der Waals surface area contributed by atoms with Crippen molar-refractivity contribution in [1.82, 2.24) is 10.3 Å². The molecular weight excluding hydrogens is 200 g/mol. The van der Waals surface area contributed by atoms with E-state index in [4.69, 9.17) is 4.42 Å². The van der Waals surface area contributed by atoms with Crippen LogP contribution in [0.15, 0.2) is 28.7 Å². The Labute approximate surface area is 94.9 Å². The number of nitrogens with one attached hydrogen (secondary N) is 1. The van der Waals surface area contributed by atoms with Crippen molar-refractivity contribution in [3.05, 3.63) is 30.2 Å². The number of hydrogen-bond donors (Lipinski definition) is 1. The third-order valence-electron chi connectivity index (χ3n) is 3.27. The Morgan fingerprint density at radius 3 is 3.12 bits per heavy atom. The maximum Gasteiger partial charge on any atom is 0.195 e. The predicted molar refractivity (Wildman–Crippen MR) is 63.3 cm³/mol. The van der Waals surface area contributed by atoms with Gasteiger partial charge in [-0.2, -0.15) is 0 Å². The van der Waals surface area contributed by atoms with Crippen LogP contribution in [0.1, 0.15) is 18.7 Å². The second-order valence-corrected chi connectivity index (χ2v) is 4.47. The SMILES string of the molecule is c1ccc2oc(CCC3CCNC3)nc2c1. The Morgan fingerprint density at radius 1 is 1.38 bits per heavy atom. The standard InChI is InChI=1S/C13H16N2O/c1-2-4-12-11(3-1)15-13(16-12)6-5-10-7-8-14-9-10/h1-4,10,14H,5-9H2. The molecule has 16 heavy (non-hydrogen) atoms. The van der Waals surface area contributed by atoms with E-state index < -0.39 is 0 Å². The normalized spacial score (nSPS) is 20.6. The number of benzene rings is 1. The highest BCUT2D eigenvalue weighted by Crippen LogP contribution is 2.19. The summed E-state index contributed by atoms with van der Waals surface area (Å²) in [5, 5.41) is 3.38. The summed E-state index contributed by atoms with van der Waals surface area (Å²) < 4.78 is 5.70. The molecule has 1 fully saturated rings. The van der Waals surface area contributed by atoms with E-state index in [9.17, 15) is 0 Å². The van der Waals surface area contributed by atoms with E-state index in [1.807, 2.05) is 24.3 Å². The third kappa shape index (κ3) is 1.95. The lowest BCUT2D eigenvalue weighted by Crippen LogP contribution is -2.09. The fraction of sp³-hybridized carbons (Fsp3) is 0.462. The summed E-state index contributed by atoms with van der Waals surface area (Å²) in [4.78, 5) is 4.49. The molecule has 1 saturated heterocycles. The Bertz CT molecular complexity index is 438. The number of aryl methyl sites for hydroxylation is 1. The van der Waals surface area contributed by atoms with Crippen LogP contribution in [0.25, 0.3) is 11.1 Å². The Kier molecular flexibility index (Phi) is 2.62. The molecule has 0 radical (unpaired) electrons. The monoisotopic (exact) mass is 216 g/mol. The molecule has 0 aliphatic carbocycles. The van der Waals surface area contributed by atoms with Crippen LogP contribution in [0.4, 0.5) is 0 Å². The Morgan fingerprint density at radius 2 is 2.31 bits per heavy atom. The summed E-state index contributed by atoms with van der Waals surface area (Å²) >= 11 is 0. The lowest BCUT2D eigenvalue weighted by atomic mass is 10.0. The van der Waals surface area contributed by atoms with Gasteiger partial charge in [-0.1, -0.05) is 12.1 Å². The van der Waals surface area contributed by atoms with E-state index >= 15 is 0 Å². The molecule has 0 spiro atoms. The lowest BCUT2D eigenvalue weighted by Gasteiger charge is -2.04. The van der Waals surface area contributed by atoms with Gasteiger partial charge in [-0.05, 0) is 44.0 Å². The zero-order valence-corrected chi connectivity index (χ0v) is 9.28. The van der Waals surface area contributed by atoms with E-state index in [2.05, 4.69) is 10.3 Å². The molecule has 0 saturated carbocycles. The van der Waals surface area contributed by atoms with Gasteiger partial charge < -0.3 is 9.73 Å². The average Bonchev–Trinajstić information content (AvgIpc) is 2.95. The summed E-state index contributed by atoms with van der Waals surface area (Å²) in [6, 6.07) is 7.95. The average molecular weight is 216 g/mol. The van der Waals surface area contributed by atoms with Crippen LogP contribution in [0.3, 0.4) is 0 Å². The number of hydrogen-bond acceptors (Lipinski definition) is 3. The molecular formula is C13H16N2O. The van der Waals surface area contributed by atoms with Gasteiger partial charge >= 0.3 is 0 Å². The minimum atomic E-state index is 0.801. The van der Waals surface area contributed by atoms with E-state index in [0.717, 1.165) is 42.4 Å². The first-order valence-corrected chi connectivity index (χ1v) is 5.97. The smallest absolute Gasteiger partial charge is 0.195 e. The fourth-order valence-electron chi connectivity index (χ4n) is 2.32. The van der Waals surface area contributed by atoms with E-state index in [-0.39, 0.29) is 0 Å². The highest BCUT2D eigenvalue weighted by molar-refractivity contribution is 5.72. The molecule has 1 aromatic heterocycles. The van der Waals surface area contributed by atoms with Gasteiger partial charge in [0.15, 0.2) is 11.5 Å². The Balaban J connectivity index is 1.69. The number of nitrogens with zero attached hydrogens (tertiary/aromatic N) is 1. The van der Waals surface area contributed by atoms with Crippen molar-refractivity contribution in [2.75, 3.05) is 13.1 Å². The number of rotatable bonds is 3. The minimum absolute atomic E-state index is 0.801. The first kappa shape index (κ1) is 9.85. The van der Waals surface area contributed by atoms with Crippen molar-refractivity contribution < 1.29 is 4.42 Å². The molecule has 1 aliphatic heterocycles. The Hall–Kier alpha value is -1.35. The van der Waals surface area contributed by atoms with Crippen molar-refractivity contribution in [3.63, 3.8) is 0 Å². The zero-order chi connectivity index (χ0) is 10.8. The van der Waals surface area contributed by atoms with Gasteiger partial charge in [0.1, 0.15) is 5.52 Å². The molecule has 3 rings (SSSR count). The van der Waals surface area contributed by atoms with Crippen molar-refractivity contribution in [1.29, 1.82) is 0 Å². The van der Waals surface area contributed by atoms with E-state index in [0.29, 0.717) is 0 Å². The first-order valence-electron chi connectivity index (χ1n) is 5.97. The van der Waals surface area contributed by atoms with Gasteiger partial charge in [-0.15, -0.1) is 0 Å². The lowest BCUT2D eigenvalue weighted by molar-refractivity contribution is 0.466. The molecule has 1 unspecified atom stereocenters. The quantitative estimate of drug-likeness (QED) is 0.856. The fourth-order valence-corrected chi connectivity index (χ4v) is 2.32. The molecule has 2 heterocycles. The molecule has 0 bridgehead atoms. The van der Waals surface area contributed by atoms with Gasteiger partial charge in [0.05, 0.1) is 0 Å². The number of oxazole rings is 1. The van der Waals surface area contributed by atoms with Crippen LogP contribution in [0.5, 0.6) is 0 Å². The van der Waals surface area contributed by atoms with Gasteiger partial charge in [0.2, 0.25) is 0 Å². The van der Waals surface area contributed by atoms with Crippen LogP contribution in [-0.4, -0.2) is 18.1 Å². The maximum absolute atomic E-state index is 5.70. The highest BCUT2D eigenvalue weighted by atomic mass is 16.3. The van der Waals surface area contributed by atoms with Crippen LogP contribution < -0.4 is 5.32 Å². The topological polar surface area (TPSA) is 38.1 Å². The molecule has 2 aromatic rings. The van der Waals surface area contributed by atoms with Crippen LogP contribution in [0, 0.1) is 5.92 Å². The summed E-state index contributed by atoms with van der Waals surface area (Å²) in [6.07, 6.45) is 3.43. The van der Waals surface area contributed by atoms with Crippen molar-refractivity contribution in [2.45, 2.75) is 19.3 Å². The highest BCUT2D eigenvalue weighted by Gasteiger charge is 2.15. The molecule has 3 nitrogen and oxygen atoms in total. The van der Waals surface area contributed by atoms with Gasteiger partial charge in [-0.25, -0.2) is 4.98 Å². The summed E-state index contributed by atoms with van der Waals surface area (Å²) in [5.74, 6) is 1.68. The van der Waals surface area contributed by atoms with Crippen LogP contribution >= 0.6 is 0 Å². The largest absolute Gasteiger partial charge is 0.441 e. The minimum Gasteiger partial charge on any atom is -0.441 e. The summed E-state index contributed by atoms with van der Waals surface area (Å²) in [6.45, 7) is 2.32. The van der Waals surface area contributed by atoms with Crippen LogP contribution in [0.2, 0.25) is 0 Å². The van der Waals surface area contributed by atoms with Gasteiger partial charge in [0, 0.05) is 6.42 Å². The van der Waals surface area contributed by atoms with Gasteiger partial charge in [-0.3, -0.25) is 0 Å². The molecule has 1 aromatic carbocycles. The number of aromatic nitrogens is 1. The van der Waals surface area contributed by atoms with E-state index in [1.54, 1.807) is 0 Å². The number of fused-ring (bicyclic) bond motifs is 1. The maximum atomic E-state index is 5.70. The molecule has 1 N–H and O–H groups in total.